The third kappa shape index (κ3) is 3.80. The molecule has 1 aromatic rings. The fourth-order valence-corrected chi connectivity index (χ4v) is 3.76. The fourth-order valence-electron chi connectivity index (χ4n) is 2.61. The van der Waals surface area contributed by atoms with Crippen molar-refractivity contribution in [3.8, 4) is 0 Å². The third-order valence-electron chi connectivity index (χ3n) is 3.53. The summed E-state index contributed by atoms with van der Waals surface area (Å²) in [7, 11) is 0. The minimum absolute atomic E-state index is 0.00894. The van der Waals surface area contributed by atoms with Gasteiger partial charge in [-0.05, 0) is 49.7 Å². The van der Waals surface area contributed by atoms with Crippen LogP contribution in [0.25, 0.3) is 0 Å². The first-order valence-corrected chi connectivity index (χ1v) is 7.95. The summed E-state index contributed by atoms with van der Waals surface area (Å²) in [5.74, 6) is 0.438. The number of aliphatic hydroxyl groups is 1. The quantitative estimate of drug-likeness (QED) is 0.872. The Kier molecular flexibility index (Phi) is 4.99. The van der Waals surface area contributed by atoms with Crippen LogP contribution in [0.3, 0.4) is 0 Å². The Balaban J connectivity index is 2.00. The van der Waals surface area contributed by atoms with Gasteiger partial charge in [0.2, 0.25) is 0 Å². The molecule has 1 aliphatic rings. The second-order valence-corrected chi connectivity index (χ2v) is 6.89. The second kappa shape index (κ2) is 6.53. The maximum Gasteiger partial charge on any atom is 0.261 e. The molecule has 0 fully saturated rings. The van der Waals surface area contributed by atoms with E-state index in [1.807, 2.05) is 6.07 Å². The number of amides is 1. The Bertz CT molecular complexity index is 416. The van der Waals surface area contributed by atoms with Crippen LogP contribution >= 0.6 is 11.3 Å². The van der Waals surface area contributed by atoms with Crippen LogP contribution in [-0.2, 0) is 12.8 Å². The number of carbonyl (C=O) groups excluding carboxylic acids is 1. The van der Waals surface area contributed by atoms with Crippen LogP contribution in [0.1, 0.15) is 53.2 Å². The molecular formula is C15H23NO2S. The molecule has 0 saturated heterocycles. The second-order valence-electron chi connectivity index (χ2n) is 5.75. The number of hydrogen-bond acceptors (Lipinski definition) is 3. The van der Waals surface area contributed by atoms with Crippen LogP contribution in [0.15, 0.2) is 6.07 Å². The molecule has 1 aliphatic carbocycles. The number of carbonyl (C=O) groups is 1. The van der Waals surface area contributed by atoms with E-state index in [1.54, 1.807) is 11.3 Å². The van der Waals surface area contributed by atoms with E-state index in [1.165, 1.54) is 23.3 Å². The fraction of sp³-hybridized carbons (Fsp3) is 0.667. The van der Waals surface area contributed by atoms with E-state index in [-0.39, 0.29) is 18.6 Å². The summed E-state index contributed by atoms with van der Waals surface area (Å²) in [6, 6.07) is 1.91. The Morgan fingerprint density at radius 1 is 1.42 bits per heavy atom. The van der Waals surface area contributed by atoms with Gasteiger partial charge in [-0.1, -0.05) is 13.8 Å². The van der Waals surface area contributed by atoms with Crippen molar-refractivity contribution in [1.29, 1.82) is 0 Å². The van der Waals surface area contributed by atoms with Crippen molar-refractivity contribution in [3.63, 3.8) is 0 Å². The molecular weight excluding hydrogens is 258 g/mol. The molecule has 106 valence electrons. The average molecular weight is 281 g/mol. The number of rotatable bonds is 5. The highest BCUT2D eigenvalue weighted by molar-refractivity contribution is 7.14. The van der Waals surface area contributed by atoms with Crippen LogP contribution < -0.4 is 5.32 Å². The molecule has 1 heterocycles. The van der Waals surface area contributed by atoms with Crippen molar-refractivity contribution in [2.75, 3.05) is 6.61 Å². The molecule has 2 rings (SSSR count). The molecule has 0 radical (unpaired) electrons. The summed E-state index contributed by atoms with van der Waals surface area (Å²) in [5, 5.41) is 12.3. The van der Waals surface area contributed by atoms with Crippen molar-refractivity contribution in [2.24, 2.45) is 5.92 Å². The van der Waals surface area contributed by atoms with Crippen molar-refractivity contribution in [2.45, 2.75) is 52.0 Å². The van der Waals surface area contributed by atoms with E-state index in [2.05, 4.69) is 19.2 Å². The van der Waals surface area contributed by atoms with E-state index >= 15 is 0 Å². The van der Waals surface area contributed by atoms with Gasteiger partial charge in [0, 0.05) is 4.88 Å². The summed E-state index contributed by atoms with van der Waals surface area (Å²) in [5.41, 5.74) is 1.35. The van der Waals surface area contributed by atoms with Crippen molar-refractivity contribution >= 4 is 17.2 Å². The lowest BCUT2D eigenvalue weighted by Gasteiger charge is -2.17. The van der Waals surface area contributed by atoms with Crippen molar-refractivity contribution < 1.29 is 9.90 Å². The van der Waals surface area contributed by atoms with E-state index in [0.29, 0.717) is 5.92 Å². The van der Waals surface area contributed by atoms with E-state index in [4.69, 9.17) is 0 Å². The Morgan fingerprint density at radius 3 is 2.79 bits per heavy atom. The zero-order valence-corrected chi connectivity index (χ0v) is 12.6. The summed E-state index contributed by atoms with van der Waals surface area (Å²) < 4.78 is 0. The van der Waals surface area contributed by atoms with Gasteiger partial charge in [0.15, 0.2) is 0 Å². The van der Waals surface area contributed by atoms with Gasteiger partial charge in [0.05, 0.1) is 17.5 Å². The smallest absolute Gasteiger partial charge is 0.261 e. The first-order chi connectivity index (χ1) is 9.10. The Hall–Kier alpha value is -0.870. The summed E-state index contributed by atoms with van der Waals surface area (Å²) in [6.07, 6.45) is 5.50. The van der Waals surface area contributed by atoms with Crippen LogP contribution in [-0.4, -0.2) is 23.7 Å². The molecule has 0 bridgehead atoms. The monoisotopic (exact) mass is 281 g/mol. The summed E-state index contributed by atoms with van der Waals surface area (Å²) >= 11 is 1.62. The third-order valence-corrected chi connectivity index (χ3v) is 4.77. The highest BCUT2D eigenvalue weighted by Gasteiger charge is 2.19. The highest BCUT2D eigenvalue weighted by Crippen LogP contribution is 2.29. The van der Waals surface area contributed by atoms with Crippen LogP contribution in [0.2, 0.25) is 0 Å². The van der Waals surface area contributed by atoms with Crippen molar-refractivity contribution in [3.05, 3.63) is 21.4 Å². The highest BCUT2D eigenvalue weighted by atomic mass is 32.1. The van der Waals surface area contributed by atoms with Gasteiger partial charge >= 0.3 is 0 Å². The lowest BCUT2D eigenvalue weighted by molar-refractivity contribution is 0.0912. The number of nitrogens with one attached hydrogen (secondary N) is 1. The molecule has 0 aliphatic heterocycles. The van der Waals surface area contributed by atoms with Gasteiger partial charge in [-0.2, -0.15) is 0 Å². The maximum atomic E-state index is 12.2. The maximum absolute atomic E-state index is 12.2. The molecule has 19 heavy (non-hydrogen) atoms. The van der Waals surface area contributed by atoms with Gasteiger partial charge < -0.3 is 10.4 Å². The standard InChI is InChI=1S/C15H23NO2S/c1-10(2)7-12(9-17)16-15(18)14-8-11-5-3-4-6-13(11)19-14/h8,10,12,17H,3-7,9H2,1-2H3,(H,16,18). The summed E-state index contributed by atoms with van der Waals surface area (Å²) in [6.45, 7) is 4.20. The van der Waals surface area contributed by atoms with Gasteiger partial charge in [-0.15, -0.1) is 11.3 Å². The molecule has 1 atom stereocenters. The van der Waals surface area contributed by atoms with Gasteiger partial charge in [-0.3, -0.25) is 4.79 Å². The normalized spacial score (nSPS) is 16.2. The molecule has 1 aromatic heterocycles. The van der Waals surface area contributed by atoms with Crippen LogP contribution in [0.5, 0.6) is 0 Å². The topological polar surface area (TPSA) is 49.3 Å². The minimum Gasteiger partial charge on any atom is -0.394 e. The molecule has 3 nitrogen and oxygen atoms in total. The lowest BCUT2D eigenvalue weighted by atomic mass is 9.99. The first kappa shape index (κ1) is 14.5. The molecule has 1 unspecified atom stereocenters. The molecule has 1 amide bonds. The molecule has 0 aromatic carbocycles. The molecule has 4 heteroatoms. The zero-order chi connectivity index (χ0) is 13.8. The predicted octanol–water partition coefficient (Wildman–Crippen LogP) is 2.76. The van der Waals surface area contributed by atoms with Crippen molar-refractivity contribution in [1.82, 2.24) is 5.32 Å². The van der Waals surface area contributed by atoms with Crippen LogP contribution in [0.4, 0.5) is 0 Å². The lowest BCUT2D eigenvalue weighted by Crippen LogP contribution is -2.38. The molecule has 0 spiro atoms. The average Bonchev–Trinajstić information content (AvgIpc) is 2.81. The number of aryl methyl sites for hydroxylation is 2. The predicted molar refractivity (Wildman–Crippen MR) is 78.8 cm³/mol. The Labute approximate surface area is 119 Å². The number of fused-ring (bicyclic) bond motifs is 1. The Morgan fingerprint density at radius 2 is 2.16 bits per heavy atom. The zero-order valence-electron chi connectivity index (χ0n) is 11.7. The van der Waals surface area contributed by atoms with Gasteiger partial charge in [-0.25, -0.2) is 0 Å². The molecule has 0 saturated carbocycles. The van der Waals surface area contributed by atoms with E-state index in [9.17, 15) is 9.90 Å². The molecule has 2 N–H and O–H groups in total. The van der Waals surface area contributed by atoms with Gasteiger partial charge in [0.1, 0.15) is 0 Å². The number of thiophene rings is 1. The number of hydrogen-bond donors (Lipinski definition) is 2. The largest absolute Gasteiger partial charge is 0.394 e. The SMILES string of the molecule is CC(C)CC(CO)NC(=O)c1cc2c(s1)CCCC2. The summed E-state index contributed by atoms with van der Waals surface area (Å²) in [4.78, 5) is 14.4. The van der Waals surface area contributed by atoms with Gasteiger partial charge in [0.25, 0.3) is 5.91 Å². The van der Waals surface area contributed by atoms with Crippen LogP contribution in [0, 0.1) is 5.92 Å². The minimum atomic E-state index is -0.133. The first-order valence-electron chi connectivity index (χ1n) is 7.13. The van der Waals surface area contributed by atoms with E-state index < -0.39 is 0 Å². The number of aliphatic hydroxyl groups excluding tert-OH is 1. The van der Waals surface area contributed by atoms with E-state index in [0.717, 1.165) is 24.1 Å².